The lowest BCUT2D eigenvalue weighted by Gasteiger charge is -2.28. The van der Waals surface area contributed by atoms with E-state index in [1.165, 1.54) is 6.92 Å². The van der Waals surface area contributed by atoms with Crippen LogP contribution in [-0.2, 0) is 0 Å². The summed E-state index contributed by atoms with van der Waals surface area (Å²) in [6.07, 6.45) is 8.33. The zero-order chi connectivity index (χ0) is 19.3. The first-order valence-electron chi connectivity index (χ1n) is 7.81. The summed E-state index contributed by atoms with van der Waals surface area (Å²) in [4.78, 5) is 0. The molecular weight excluding hydrogens is 335 g/mol. The van der Waals surface area contributed by atoms with E-state index in [-0.39, 0.29) is 5.92 Å². The highest BCUT2D eigenvalue weighted by atomic mass is 19.2. The average Bonchev–Trinajstić information content (AvgIpc) is 2.60. The molecule has 3 atom stereocenters. The third-order valence-electron chi connectivity index (χ3n) is 4.54. The van der Waals surface area contributed by atoms with E-state index in [2.05, 4.69) is 13.2 Å². The van der Waals surface area contributed by atoms with Gasteiger partial charge in [0.2, 0.25) is 5.82 Å². The van der Waals surface area contributed by atoms with Crippen molar-refractivity contribution < 1.29 is 22.0 Å². The Morgan fingerprint density at radius 3 is 1.72 bits per heavy atom. The van der Waals surface area contributed by atoms with Gasteiger partial charge in [0.15, 0.2) is 23.3 Å². The maximum absolute atomic E-state index is 14.0. The van der Waals surface area contributed by atoms with E-state index in [0.29, 0.717) is 0 Å². The molecule has 0 aromatic heterocycles. The summed E-state index contributed by atoms with van der Waals surface area (Å²) in [5.74, 6) is -11.1. The molecular formula is C20H21F5. The summed E-state index contributed by atoms with van der Waals surface area (Å²) in [5.41, 5.74) is 0.0134. The van der Waals surface area contributed by atoms with Gasteiger partial charge in [-0.05, 0) is 23.3 Å². The van der Waals surface area contributed by atoms with Crippen LogP contribution in [0.5, 0.6) is 0 Å². The minimum Gasteiger partial charge on any atom is -0.203 e. The number of hydrogen-bond donors (Lipinski definition) is 0. The van der Waals surface area contributed by atoms with Crippen LogP contribution in [0.4, 0.5) is 22.0 Å². The smallest absolute Gasteiger partial charge is 0.200 e. The van der Waals surface area contributed by atoms with E-state index in [4.69, 9.17) is 0 Å². The lowest BCUT2D eigenvalue weighted by molar-refractivity contribution is 0.330. The zero-order valence-electron chi connectivity index (χ0n) is 14.4. The minimum absolute atomic E-state index is 0.223. The highest BCUT2D eigenvalue weighted by molar-refractivity contribution is 5.31. The van der Waals surface area contributed by atoms with Crippen LogP contribution in [0.15, 0.2) is 49.1 Å². The summed E-state index contributed by atoms with van der Waals surface area (Å²) in [7, 11) is 0. The zero-order valence-corrected chi connectivity index (χ0v) is 14.4. The van der Waals surface area contributed by atoms with Crippen molar-refractivity contribution in [1.82, 2.24) is 0 Å². The largest absolute Gasteiger partial charge is 0.203 e. The molecule has 0 N–H and O–H groups in total. The van der Waals surface area contributed by atoms with E-state index in [0.717, 1.165) is 5.57 Å². The quantitative estimate of drug-likeness (QED) is 0.223. The summed E-state index contributed by atoms with van der Waals surface area (Å²) in [6.45, 7) is 12.2. The second-order valence-electron chi connectivity index (χ2n) is 5.92. The van der Waals surface area contributed by atoms with Crippen LogP contribution in [0.2, 0.25) is 0 Å². The number of hydrogen-bond acceptors (Lipinski definition) is 0. The van der Waals surface area contributed by atoms with Crippen LogP contribution in [-0.4, -0.2) is 0 Å². The van der Waals surface area contributed by atoms with Crippen LogP contribution >= 0.6 is 0 Å². The molecule has 0 nitrogen and oxygen atoms in total. The number of halogens is 5. The van der Waals surface area contributed by atoms with Gasteiger partial charge in [-0.1, -0.05) is 64.3 Å². The number of rotatable bonds is 7. The number of allylic oxidation sites excluding steroid dienone is 6. The lowest BCUT2D eigenvalue weighted by atomic mass is 9.77. The molecule has 5 heteroatoms. The topological polar surface area (TPSA) is 0 Å². The SMILES string of the molecule is C=C/C=C\C(=C/C=C)C(C)C(C)C(C)c1c(F)c(F)c(F)c(F)c1F. The molecule has 0 amide bonds. The first-order valence-corrected chi connectivity index (χ1v) is 7.81. The summed E-state index contributed by atoms with van der Waals surface area (Å²) in [5, 5.41) is 0. The molecule has 0 bridgehead atoms. The van der Waals surface area contributed by atoms with Crippen LogP contribution in [0.1, 0.15) is 32.3 Å². The fraction of sp³-hybridized carbons (Fsp3) is 0.300. The van der Waals surface area contributed by atoms with Crippen molar-refractivity contribution in [2.45, 2.75) is 26.7 Å². The van der Waals surface area contributed by atoms with Gasteiger partial charge in [-0.3, -0.25) is 0 Å². The maximum atomic E-state index is 14.0. The molecule has 0 fully saturated rings. The maximum Gasteiger partial charge on any atom is 0.200 e. The van der Waals surface area contributed by atoms with Gasteiger partial charge < -0.3 is 0 Å². The fourth-order valence-electron chi connectivity index (χ4n) is 2.70. The summed E-state index contributed by atoms with van der Waals surface area (Å²) >= 11 is 0. The van der Waals surface area contributed by atoms with Gasteiger partial charge in [0.1, 0.15) is 0 Å². The Morgan fingerprint density at radius 2 is 1.28 bits per heavy atom. The van der Waals surface area contributed by atoms with Gasteiger partial charge in [0, 0.05) is 5.56 Å². The Labute approximate surface area is 145 Å². The fourth-order valence-corrected chi connectivity index (χ4v) is 2.70. The predicted octanol–water partition coefficient (Wildman–Crippen LogP) is 6.61. The number of benzene rings is 1. The molecule has 0 saturated heterocycles. The van der Waals surface area contributed by atoms with Crippen molar-refractivity contribution in [2.75, 3.05) is 0 Å². The standard InChI is InChI=1S/C20H21F5/c1-6-8-10-14(9-7-2)12(4)11(3)13(5)15-16(21)18(23)20(25)19(24)17(15)22/h6-13H,1-2H2,3-5H3/b10-8-,14-9+. The van der Waals surface area contributed by atoms with Gasteiger partial charge in [-0.2, -0.15) is 0 Å². The Balaban J connectivity index is 3.33. The van der Waals surface area contributed by atoms with Crippen molar-refractivity contribution in [3.05, 3.63) is 83.8 Å². The van der Waals surface area contributed by atoms with Gasteiger partial charge >= 0.3 is 0 Å². The molecule has 1 rings (SSSR count). The Hall–Kier alpha value is -2.17. The van der Waals surface area contributed by atoms with E-state index >= 15 is 0 Å². The van der Waals surface area contributed by atoms with Crippen molar-refractivity contribution in [1.29, 1.82) is 0 Å². The molecule has 25 heavy (non-hydrogen) atoms. The highest BCUT2D eigenvalue weighted by Gasteiger charge is 2.32. The van der Waals surface area contributed by atoms with Crippen molar-refractivity contribution in [2.24, 2.45) is 11.8 Å². The highest BCUT2D eigenvalue weighted by Crippen LogP contribution is 2.38. The van der Waals surface area contributed by atoms with Crippen LogP contribution in [0.25, 0.3) is 0 Å². The van der Waals surface area contributed by atoms with Gasteiger partial charge in [-0.25, -0.2) is 22.0 Å². The first-order chi connectivity index (χ1) is 11.7. The van der Waals surface area contributed by atoms with Gasteiger partial charge in [0.05, 0.1) is 0 Å². The molecule has 0 saturated carbocycles. The van der Waals surface area contributed by atoms with Gasteiger partial charge in [0.25, 0.3) is 0 Å². The molecule has 0 heterocycles. The van der Waals surface area contributed by atoms with Crippen molar-refractivity contribution in [3.63, 3.8) is 0 Å². The molecule has 0 aliphatic heterocycles. The Bertz CT molecular complexity index is 686. The summed E-state index contributed by atoms with van der Waals surface area (Å²) < 4.78 is 68.3. The molecule has 0 aliphatic rings. The average molecular weight is 356 g/mol. The van der Waals surface area contributed by atoms with E-state index in [1.54, 1.807) is 37.3 Å². The molecule has 136 valence electrons. The second-order valence-corrected chi connectivity index (χ2v) is 5.92. The predicted molar refractivity (Wildman–Crippen MR) is 90.6 cm³/mol. The minimum atomic E-state index is -2.15. The van der Waals surface area contributed by atoms with Crippen LogP contribution in [0, 0.1) is 40.9 Å². The lowest BCUT2D eigenvalue weighted by Crippen LogP contribution is -2.20. The van der Waals surface area contributed by atoms with Crippen LogP contribution in [0.3, 0.4) is 0 Å². The Kier molecular flexibility index (Phi) is 7.34. The van der Waals surface area contributed by atoms with Crippen molar-refractivity contribution >= 4 is 0 Å². The molecule has 0 radical (unpaired) electrons. The Morgan fingerprint density at radius 1 is 0.800 bits per heavy atom. The molecule has 0 aliphatic carbocycles. The molecule has 1 aromatic carbocycles. The first kappa shape index (κ1) is 20.9. The molecule has 3 unspecified atom stereocenters. The van der Waals surface area contributed by atoms with Gasteiger partial charge in [-0.15, -0.1) is 0 Å². The van der Waals surface area contributed by atoms with Crippen LogP contribution < -0.4 is 0 Å². The summed E-state index contributed by atoms with van der Waals surface area (Å²) in [6, 6.07) is 0. The molecule has 1 aromatic rings. The third kappa shape index (κ3) is 4.27. The normalized spacial score (nSPS) is 15.9. The van der Waals surface area contributed by atoms with E-state index < -0.39 is 46.5 Å². The monoisotopic (exact) mass is 356 g/mol. The molecule has 0 spiro atoms. The third-order valence-corrected chi connectivity index (χ3v) is 4.54. The second kappa shape index (κ2) is 8.79. The van der Waals surface area contributed by atoms with Crippen molar-refractivity contribution in [3.8, 4) is 0 Å². The van der Waals surface area contributed by atoms with E-state index in [1.807, 2.05) is 6.92 Å². The van der Waals surface area contributed by atoms with E-state index in [9.17, 15) is 22.0 Å².